The Hall–Kier alpha value is -0.320. The highest BCUT2D eigenvalue weighted by atomic mass is 35.5. The van der Waals surface area contributed by atoms with E-state index in [1.54, 1.807) is 12.1 Å². The molecule has 1 saturated heterocycles. The van der Waals surface area contributed by atoms with Crippen molar-refractivity contribution in [1.29, 1.82) is 0 Å². The number of ether oxygens (including phenoxy) is 2. The zero-order valence-corrected chi connectivity index (χ0v) is 11.8. The van der Waals surface area contributed by atoms with Crippen molar-refractivity contribution in [3.8, 4) is 0 Å². The number of benzene rings is 1. The highest BCUT2D eigenvalue weighted by molar-refractivity contribution is 6.33. The molecule has 3 nitrogen and oxygen atoms in total. The molecule has 0 aromatic heterocycles. The second kappa shape index (κ2) is 6.73. The monoisotopic (exact) mass is 289 g/mol. The van der Waals surface area contributed by atoms with E-state index in [4.69, 9.17) is 32.7 Å². The molecule has 1 aliphatic heterocycles. The number of rotatable bonds is 4. The summed E-state index contributed by atoms with van der Waals surface area (Å²) in [6, 6.07) is 5.37. The first-order valence-corrected chi connectivity index (χ1v) is 6.78. The number of hydrogen-bond donors (Lipinski definition) is 1. The van der Waals surface area contributed by atoms with Crippen LogP contribution in [0.4, 0.5) is 0 Å². The smallest absolute Gasteiger partial charge is 0.0936 e. The zero-order valence-electron chi connectivity index (χ0n) is 10.3. The Kier molecular flexibility index (Phi) is 5.27. The average molecular weight is 290 g/mol. The van der Waals surface area contributed by atoms with Crippen LogP contribution < -0.4 is 5.32 Å². The molecule has 0 aliphatic carbocycles. The second-order valence-corrected chi connectivity index (χ2v) is 5.32. The minimum atomic E-state index is 0.103. The molecule has 100 valence electrons. The molecule has 1 fully saturated rings. The Bertz CT molecular complexity index is 401. The molecule has 0 amide bonds. The van der Waals surface area contributed by atoms with Crippen LogP contribution in [-0.4, -0.2) is 31.9 Å². The molecular formula is C13H17Cl2NO2. The molecule has 2 atom stereocenters. The fourth-order valence-electron chi connectivity index (χ4n) is 1.92. The lowest BCUT2D eigenvalue weighted by molar-refractivity contribution is -0.0716. The van der Waals surface area contributed by atoms with Gasteiger partial charge in [-0.2, -0.15) is 0 Å². The average Bonchev–Trinajstić information content (AvgIpc) is 2.34. The topological polar surface area (TPSA) is 30.5 Å². The lowest BCUT2D eigenvalue weighted by Gasteiger charge is -2.28. The van der Waals surface area contributed by atoms with E-state index in [0.29, 0.717) is 23.3 Å². The Morgan fingerprint density at radius 3 is 3.00 bits per heavy atom. The van der Waals surface area contributed by atoms with E-state index in [0.717, 1.165) is 18.7 Å². The third-order valence-electron chi connectivity index (χ3n) is 2.80. The van der Waals surface area contributed by atoms with Crippen LogP contribution in [0.2, 0.25) is 10.0 Å². The third-order valence-corrected chi connectivity index (χ3v) is 3.40. The first-order valence-electron chi connectivity index (χ1n) is 6.03. The summed E-state index contributed by atoms with van der Waals surface area (Å²) in [5.41, 5.74) is 0.904. The van der Waals surface area contributed by atoms with Gasteiger partial charge in [0.2, 0.25) is 0 Å². The molecule has 2 rings (SSSR count). The minimum absolute atomic E-state index is 0.103. The molecule has 0 bridgehead atoms. The summed E-state index contributed by atoms with van der Waals surface area (Å²) >= 11 is 12.0. The van der Waals surface area contributed by atoms with Gasteiger partial charge in [0.1, 0.15) is 0 Å². The van der Waals surface area contributed by atoms with Crippen LogP contribution >= 0.6 is 23.2 Å². The normalized spacial score (nSPS) is 24.2. The summed E-state index contributed by atoms with van der Waals surface area (Å²) in [6.07, 6.45) is 0.341. The molecular weight excluding hydrogens is 273 g/mol. The maximum Gasteiger partial charge on any atom is 0.0936 e. The lowest BCUT2D eigenvalue weighted by Crippen LogP contribution is -2.45. The standard InChI is InChI=1S/C13H17Cl2NO2/c1-9-5-16-6-12(18-9)8-17-7-10-4-11(14)2-3-13(10)15/h2-4,9,12,16H,5-8H2,1H3. The predicted molar refractivity (Wildman–Crippen MR) is 73.3 cm³/mol. The zero-order chi connectivity index (χ0) is 13.0. The Balaban J connectivity index is 1.79. The van der Waals surface area contributed by atoms with Gasteiger partial charge in [0.05, 0.1) is 25.4 Å². The molecule has 0 spiro atoms. The summed E-state index contributed by atoms with van der Waals surface area (Å²) in [5, 5.41) is 4.65. The Morgan fingerprint density at radius 1 is 1.39 bits per heavy atom. The van der Waals surface area contributed by atoms with Gasteiger partial charge < -0.3 is 14.8 Å². The van der Waals surface area contributed by atoms with E-state index in [2.05, 4.69) is 5.32 Å². The van der Waals surface area contributed by atoms with Crippen molar-refractivity contribution in [2.45, 2.75) is 25.7 Å². The van der Waals surface area contributed by atoms with Crippen LogP contribution in [0.3, 0.4) is 0 Å². The van der Waals surface area contributed by atoms with Crippen molar-refractivity contribution < 1.29 is 9.47 Å². The predicted octanol–water partition coefficient (Wildman–Crippen LogP) is 2.89. The first kappa shape index (κ1) is 14.1. The molecule has 1 aromatic carbocycles. The SMILES string of the molecule is CC1CNCC(COCc2cc(Cl)ccc2Cl)O1. The van der Waals surface area contributed by atoms with Crippen LogP contribution in [0.5, 0.6) is 0 Å². The summed E-state index contributed by atoms with van der Waals surface area (Å²) in [6.45, 7) is 4.78. The van der Waals surface area contributed by atoms with Crippen molar-refractivity contribution in [2.24, 2.45) is 0 Å². The molecule has 0 radical (unpaired) electrons. The summed E-state index contributed by atoms with van der Waals surface area (Å²) in [4.78, 5) is 0. The van der Waals surface area contributed by atoms with E-state index in [9.17, 15) is 0 Å². The molecule has 18 heavy (non-hydrogen) atoms. The van der Waals surface area contributed by atoms with Crippen molar-refractivity contribution in [3.05, 3.63) is 33.8 Å². The van der Waals surface area contributed by atoms with Gasteiger partial charge in [0.15, 0.2) is 0 Å². The van der Waals surface area contributed by atoms with Gasteiger partial charge in [-0.15, -0.1) is 0 Å². The van der Waals surface area contributed by atoms with Crippen LogP contribution in [0, 0.1) is 0 Å². The van der Waals surface area contributed by atoms with Gasteiger partial charge in [-0.3, -0.25) is 0 Å². The maximum atomic E-state index is 6.06. The molecule has 1 aromatic rings. The quantitative estimate of drug-likeness (QED) is 0.925. The molecule has 1 aliphatic rings. The summed E-state index contributed by atoms with van der Waals surface area (Å²) in [5.74, 6) is 0. The van der Waals surface area contributed by atoms with Gasteiger partial charge in [0.25, 0.3) is 0 Å². The fraction of sp³-hybridized carbons (Fsp3) is 0.538. The van der Waals surface area contributed by atoms with E-state index in [1.807, 2.05) is 13.0 Å². The molecule has 1 N–H and O–H groups in total. The highest BCUT2D eigenvalue weighted by Gasteiger charge is 2.18. The van der Waals surface area contributed by atoms with Gasteiger partial charge >= 0.3 is 0 Å². The lowest BCUT2D eigenvalue weighted by atomic mass is 10.2. The van der Waals surface area contributed by atoms with Crippen molar-refractivity contribution in [1.82, 2.24) is 5.32 Å². The second-order valence-electron chi connectivity index (χ2n) is 4.48. The van der Waals surface area contributed by atoms with Crippen LogP contribution in [0.15, 0.2) is 18.2 Å². The molecule has 2 unspecified atom stereocenters. The van der Waals surface area contributed by atoms with E-state index in [-0.39, 0.29) is 12.2 Å². The summed E-state index contributed by atoms with van der Waals surface area (Å²) in [7, 11) is 0. The van der Waals surface area contributed by atoms with Crippen molar-refractivity contribution in [3.63, 3.8) is 0 Å². The van der Waals surface area contributed by atoms with E-state index < -0.39 is 0 Å². The summed E-state index contributed by atoms with van der Waals surface area (Å²) < 4.78 is 11.4. The van der Waals surface area contributed by atoms with Crippen LogP contribution in [0.1, 0.15) is 12.5 Å². The van der Waals surface area contributed by atoms with Gasteiger partial charge in [0, 0.05) is 23.1 Å². The Labute approximate surface area is 117 Å². The third kappa shape index (κ3) is 4.11. The number of halogens is 2. The maximum absolute atomic E-state index is 6.06. The highest BCUT2D eigenvalue weighted by Crippen LogP contribution is 2.21. The van der Waals surface area contributed by atoms with Crippen molar-refractivity contribution in [2.75, 3.05) is 19.7 Å². The molecule has 1 heterocycles. The van der Waals surface area contributed by atoms with Crippen molar-refractivity contribution >= 4 is 23.2 Å². The van der Waals surface area contributed by atoms with E-state index in [1.165, 1.54) is 0 Å². The van der Waals surface area contributed by atoms with E-state index >= 15 is 0 Å². The Morgan fingerprint density at radius 2 is 2.22 bits per heavy atom. The number of morpholine rings is 1. The fourth-order valence-corrected chi connectivity index (χ4v) is 2.29. The van der Waals surface area contributed by atoms with Gasteiger partial charge in [-0.05, 0) is 30.7 Å². The number of hydrogen-bond acceptors (Lipinski definition) is 3. The van der Waals surface area contributed by atoms with Crippen LogP contribution in [-0.2, 0) is 16.1 Å². The van der Waals surface area contributed by atoms with Gasteiger partial charge in [-0.25, -0.2) is 0 Å². The van der Waals surface area contributed by atoms with Gasteiger partial charge in [-0.1, -0.05) is 23.2 Å². The molecule has 5 heteroatoms. The largest absolute Gasteiger partial charge is 0.374 e. The first-order chi connectivity index (χ1) is 8.65. The number of nitrogens with one attached hydrogen (secondary N) is 1. The van der Waals surface area contributed by atoms with Crippen LogP contribution in [0.25, 0.3) is 0 Å². The minimum Gasteiger partial charge on any atom is -0.374 e. The molecule has 0 saturated carbocycles.